The third-order valence-electron chi connectivity index (χ3n) is 3.65. The molecule has 5 heteroatoms. The number of hydrogen-bond donors (Lipinski definition) is 1. The van der Waals surface area contributed by atoms with Crippen molar-refractivity contribution in [2.75, 3.05) is 30.4 Å². The topological polar surface area (TPSA) is 41.1 Å². The Morgan fingerprint density at radius 2 is 2.05 bits per heavy atom. The first kappa shape index (κ1) is 12.7. The van der Waals surface area contributed by atoms with Gasteiger partial charge in [-0.3, -0.25) is 0 Å². The highest BCUT2D eigenvalue weighted by Crippen LogP contribution is 2.33. The maximum atomic E-state index is 4.70. The molecule has 0 unspecified atom stereocenters. The van der Waals surface area contributed by atoms with Crippen molar-refractivity contribution in [2.24, 2.45) is 0 Å². The second-order valence-corrected chi connectivity index (χ2v) is 6.07. The molecule has 0 amide bonds. The smallest absolute Gasteiger partial charge is 0.225 e. The maximum Gasteiger partial charge on any atom is 0.225 e. The molecular formula is C14H20N4S. The zero-order chi connectivity index (χ0) is 13.2. The summed E-state index contributed by atoms with van der Waals surface area (Å²) in [5.74, 6) is 1.85. The average Bonchev–Trinajstić information content (AvgIpc) is 2.90. The van der Waals surface area contributed by atoms with Crippen LogP contribution in [0.5, 0.6) is 0 Å². The fourth-order valence-corrected chi connectivity index (χ4v) is 3.55. The second kappa shape index (κ2) is 5.33. The molecule has 0 atom stereocenters. The number of nitrogens with zero attached hydrogens (tertiary/aromatic N) is 3. The van der Waals surface area contributed by atoms with Crippen LogP contribution in [0.4, 0.5) is 11.8 Å². The van der Waals surface area contributed by atoms with Crippen molar-refractivity contribution in [3.8, 4) is 0 Å². The third kappa shape index (κ3) is 2.39. The Morgan fingerprint density at radius 1 is 1.26 bits per heavy atom. The normalized spacial score (nSPS) is 16.0. The van der Waals surface area contributed by atoms with Crippen LogP contribution in [0, 0.1) is 0 Å². The molecule has 3 rings (SSSR count). The van der Waals surface area contributed by atoms with E-state index < -0.39 is 0 Å². The predicted molar refractivity (Wildman–Crippen MR) is 82.4 cm³/mol. The SMILES string of the molecule is CCc1cc2c(N3CCCCC3)nc(NC)nc2s1. The molecule has 0 radical (unpaired) electrons. The highest BCUT2D eigenvalue weighted by Gasteiger charge is 2.18. The molecule has 0 aliphatic carbocycles. The third-order valence-corrected chi connectivity index (χ3v) is 4.82. The van der Waals surface area contributed by atoms with Crippen LogP contribution in [-0.4, -0.2) is 30.1 Å². The lowest BCUT2D eigenvalue weighted by Gasteiger charge is -2.28. The van der Waals surface area contributed by atoms with Crippen molar-refractivity contribution < 1.29 is 0 Å². The maximum absolute atomic E-state index is 4.70. The van der Waals surface area contributed by atoms with E-state index in [0.29, 0.717) is 0 Å². The van der Waals surface area contributed by atoms with Gasteiger partial charge in [0.05, 0.1) is 5.39 Å². The Bertz CT molecular complexity index is 572. The van der Waals surface area contributed by atoms with E-state index in [1.54, 1.807) is 11.3 Å². The summed E-state index contributed by atoms with van der Waals surface area (Å²) >= 11 is 1.79. The van der Waals surface area contributed by atoms with Gasteiger partial charge in [-0.1, -0.05) is 6.92 Å². The van der Waals surface area contributed by atoms with Gasteiger partial charge in [-0.25, -0.2) is 4.98 Å². The molecule has 102 valence electrons. The largest absolute Gasteiger partial charge is 0.357 e. The molecule has 1 aliphatic rings. The van der Waals surface area contributed by atoms with Crippen LogP contribution >= 0.6 is 11.3 Å². The van der Waals surface area contributed by atoms with Gasteiger partial charge in [0, 0.05) is 25.0 Å². The fraction of sp³-hybridized carbons (Fsp3) is 0.571. The molecule has 0 spiro atoms. The van der Waals surface area contributed by atoms with E-state index in [2.05, 4.69) is 28.2 Å². The molecule has 3 heterocycles. The van der Waals surface area contributed by atoms with E-state index in [9.17, 15) is 0 Å². The van der Waals surface area contributed by atoms with Gasteiger partial charge in [0.2, 0.25) is 5.95 Å². The second-order valence-electron chi connectivity index (χ2n) is 4.95. The summed E-state index contributed by atoms with van der Waals surface area (Å²) in [4.78, 5) is 14.2. The van der Waals surface area contributed by atoms with Gasteiger partial charge >= 0.3 is 0 Å². The zero-order valence-corrected chi connectivity index (χ0v) is 12.4. The molecule has 19 heavy (non-hydrogen) atoms. The van der Waals surface area contributed by atoms with Crippen LogP contribution < -0.4 is 10.2 Å². The number of hydrogen-bond acceptors (Lipinski definition) is 5. The molecule has 1 fully saturated rings. The van der Waals surface area contributed by atoms with Gasteiger partial charge in [0.25, 0.3) is 0 Å². The van der Waals surface area contributed by atoms with Crippen molar-refractivity contribution in [3.63, 3.8) is 0 Å². The van der Waals surface area contributed by atoms with E-state index in [1.807, 2.05) is 7.05 Å². The van der Waals surface area contributed by atoms with Gasteiger partial charge < -0.3 is 10.2 Å². The van der Waals surface area contributed by atoms with Gasteiger partial charge in [0.15, 0.2) is 0 Å². The number of fused-ring (bicyclic) bond motifs is 1. The standard InChI is InChI=1S/C14H20N4S/c1-3-10-9-11-12(18-7-5-4-6-8-18)16-14(15-2)17-13(11)19-10/h9H,3-8H2,1-2H3,(H,15,16,17). The number of aromatic nitrogens is 2. The van der Waals surface area contributed by atoms with Crippen LogP contribution in [0.2, 0.25) is 0 Å². The summed E-state index contributed by atoms with van der Waals surface area (Å²) in [6, 6.07) is 2.27. The van der Waals surface area contributed by atoms with Crippen molar-refractivity contribution in [1.29, 1.82) is 0 Å². The minimum Gasteiger partial charge on any atom is -0.357 e. The van der Waals surface area contributed by atoms with Crippen molar-refractivity contribution in [3.05, 3.63) is 10.9 Å². The van der Waals surface area contributed by atoms with E-state index in [1.165, 1.54) is 29.5 Å². The molecule has 1 N–H and O–H groups in total. The van der Waals surface area contributed by atoms with E-state index >= 15 is 0 Å². The minimum absolute atomic E-state index is 0.734. The molecule has 0 saturated carbocycles. The molecular weight excluding hydrogens is 256 g/mol. The summed E-state index contributed by atoms with van der Waals surface area (Å²) < 4.78 is 0. The summed E-state index contributed by atoms with van der Waals surface area (Å²) in [6.45, 7) is 4.43. The lowest BCUT2D eigenvalue weighted by molar-refractivity contribution is 0.575. The molecule has 4 nitrogen and oxygen atoms in total. The molecule has 0 bridgehead atoms. The number of anilines is 2. The molecule has 1 aliphatic heterocycles. The molecule has 2 aromatic heterocycles. The highest BCUT2D eigenvalue weighted by atomic mass is 32.1. The van der Waals surface area contributed by atoms with Crippen LogP contribution in [-0.2, 0) is 6.42 Å². The quantitative estimate of drug-likeness (QED) is 0.934. The molecule has 2 aromatic rings. The number of aryl methyl sites for hydroxylation is 1. The summed E-state index contributed by atoms with van der Waals surface area (Å²) in [5.41, 5.74) is 0. The van der Waals surface area contributed by atoms with Gasteiger partial charge in [-0.15, -0.1) is 11.3 Å². The average molecular weight is 276 g/mol. The van der Waals surface area contributed by atoms with E-state index in [-0.39, 0.29) is 0 Å². The Morgan fingerprint density at radius 3 is 2.74 bits per heavy atom. The Hall–Kier alpha value is -1.36. The van der Waals surface area contributed by atoms with Gasteiger partial charge in [-0.05, 0) is 31.7 Å². The van der Waals surface area contributed by atoms with Crippen LogP contribution in [0.25, 0.3) is 10.2 Å². The summed E-state index contributed by atoms with van der Waals surface area (Å²) in [7, 11) is 1.88. The van der Waals surface area contributed by atoms with Gasteiger partial charge in [0.1, 0.15) is 10.6 Å². The Balaban J connectivity index is 2.11. The lowest BCUT2D eigenvalue weighted by atomic mass is 10.1. The predicted octanol–water partition coefficient (Wildman–Crippen LogP) is 3.29. The first-order chi connectivity index (χ1) is 9.31. The van der Waals surface area contributed by atoms with Crippen molar-refractivity contribution in [1.82, 2.24) is 9.97 Å². The highest BCUT2D eigenvalue weighted by molar-refractivity contribution is 7.18. The Labute approximate surface area is 117 Å². The van der Waals surface area contributed by atoms with Crippen molar-refractivity contribution >= 4 is 33.3 Å². The van der Waals surface area contributed by atoms with Crippen LogP contribution in [0.3, 0.4) is 0 Å². The molecule has 0 aromatic carbocycles. The van der Waals surface area contributed by atoms with Crippen molar-refractivity contribution in [2.45, 2.75) is 32.6 Å². The first-order valence-electron chi connectivity index (χ1n) is 7.05. The summed E-state index contributed by atoms with van der Waals surface area (Å²) in [6.07, 6.45) is 4.94. The lowest BCUT2D eigenvalue weighted by Crippen LogP contribution is -2.30. The number of rotatable bonds is 3. The monoisotopic (exact) mass is 276 g/mol. The van der Waals surface area contributed by atoms with Crippen LogP contribution in [0.1, 0.15) is 31.1 Å². The number of nitrogens with one attached hydrogen (secondary N) is 1. The Kier molecular flexibility index (Phi) is 3.55. The number of thiophene rings is 1. The number of piperidine rings is 1. The fourth-order valence-electron chi connectivity index (χ4n) is 2.59. The zero-order valence-electron chi connectivity index (χ0n) is 11.6. The van der Waals surface area contributed by atoms with E-state index in [0.717, 1.165) is 36.1 Å². The minimum atomic E-state index is 0.734. The van der Waals surface area contributed by atoms with Gasteiger partial charge in [-0.2, -0.15) is 4.98 Å². The molecule has 1 saturated heterocycles. The van der Waals surface area contributed by atoms with E-state index in [4.69, 9.17) is 4.98 Å². The van der Waals surface area contributed by atoms with Crippen LogP contribution in [0.15, 0.2) is 6.07 Å². The first-order valence-corrected chi connectivity index (χ1v) is 7.86. The summed E-state index contributed by atoms with van der Waals surface area (Å²) in [5, 5.41) is 4.31.